The van der Waals surface area contributed by atoms with Gasteiger partial charge in [0, 0.05) is 19.2 Å². The molecule has 1 unspecified atom stereocenters. The van der Waals surface area contributed by atoms with Crippen LogP contribution in [0, 0.1) is 0 Å². The lowest BCUT2D eigenvalue weighted by molar-refractivity contribution is 0.0574. The van der Waals surface area contributed by atoms with E-state index in [-0.39, 0.29) is 23.6 Å². The lowest BCUT2D eigenvalue weighted by atomic mass is 9.99. The summed E-state index contributed by atoms with van der Waals surface area (Å²) in [6, 6.07) is 5.22. The molecular formula is C17H21N3O3S. The fourth-order valence-corrected chi connectivity index (χ4v) is 3.57. The first-order valence-corrected chi connectivity index (χ1v) is 9.18. The number of amides is 2. The summed E-state index contributed by atoms with van der Waals surface area (Å²) in [7, 11) is 0. The summed E-state index contributed by atoms with van der Waals surface area (Å²) in [5.41, 5.74) is 0.271. The van der Waals surface area contributed by atoms with E-state index >= 15 is 0 Å². The molecule has 0 radical (unpaired) electrons. The Kier molecular flexibility index (Phi) is 5.30. The zero-order chi connectivity index (χ0) is 16.9. The Bertz CT molecular complexity index is 696. The second-order valence-electron chi connectivity index (χ2n) is 5.86. The number of nitrogens with one attached hydrogen (secondary N) is 1. The fourth-order valence-electron chi connectivity index (χ4n) is 2.89. The van der Waals surface area contributed by atoms with Crippen molar-refractivity contribution in [2.45, 2.75) is 38.6 Å². The van der Waals surface area contributed by atoms with Crippen molar-refractivity contribution >= 4 is 23.2 Å². The van der Waals surface area contributed by atoms with Gasteiger partial charge in [0.15, 0.2) is 11.5 Å². The van der Waals surface area contributed by atoms with E-state index in [1.165, 1.54) is 11.3 Å². The van der Waals surface area contributed by atoms with Crippen LogP contribution in [-0.2, 0) is 0 Å². The van der Waals surface area contributed by atoms with Gasteiger partial charge in [-0.05, 0) is 37.1 Å². The number of nitrogens with zero attached hydrogens (tertiary/aromatic N) is 2. The van der Waals surface area contributed by atoms with Crippen molar-refractivity contribution < 1.29 is 14.1 Å². The molecule has 6 nitrogen and oxygen atoms in total. The van der Waals surface area contributed by atoms with Crippen LogP contribution in [0.1, 0.15) is 64.6 Å². The molecule has 0 spiro atoms. The Labute approximate surface area is 144 Å². The van der Waals surface area contributed by atoms with E-state index in [0.29, 0.717) is 18.8 Å². The van der Waals surface area contributed by atoms with Gasteiger partial charge >= 0.3 is 0 Å². The number of carbonyl (C=O) groups excluding carboxylic acids is 2. The molecule has 0 saturated carbocycles. The highest BCUT2D eigenvalue weighted by atomic mass is 32.1. The van der Waals surface area contributed by atoms with Gasteiger partial charge in [-0.3, -0.25) is 9.59 Å². The van der Waals surface area contributed by atoms with Gasteiger partial charge in [0.25, 0.3) is 11.8 Å². The zero-order valence-corrected chi connectivity index (χ0v) is 14.5. The summed E-state index contributed by atoms with van der Waals surface area (Å²) in [6.07, 6.45) is 3.69. The number of carbonyl (C=O) groups is 2. The maximum atomic E-state index is 12.7. The monoisotopic (exact) mass is 347 g/mol. The van der Waals surface area contributed by atoms with Gasteiger partial charge in [0.2, 0.25) is 0 Å². The van der Waals surface area contributed by atoms with Crippen molar-refractivity contribution in [2.24, 2.45) is 0 Å². The van der Waals surface area contributed by atoms with Gasteiger partial charge in [-0.2, -0.15) is 0 Å². The van der Waals surface area contributed by atoms with Crippen LogP contribution in [0.2, 0.25) is 0 Å². The number of aromatic nitrogens is 1. The predicted octanol–water partition coefficient (Wildman–Crippen LogP) is 3.24. The van der Waals surface area contributed by atoms with Crippen molar-refractivity contribution in [1.82, 2.24) is 15.4 Å². The van der Waals surface area contributed by atoms with Crippen molar-refractivity contribution in [2.75, 3.05) is 13.1 Å². The molecule has 0 bridgehead atoms. The molecule has 1 aliphatic heterocycles. The first kappa shape index (κ1) is 16.7. The van der Waals surface area contributed by atoms with Crippen LogP contribution in [-0.4, -0.2) is 35.0 Å². The second kappa shape index (κ2) is 7.61. The third-order valence-electron chi connectivity index (χ3n) is 4.12. The molecule has 24 heavy (non-hydrogen) atoms. The largest absolute Gasteiger partial charge is 0.358 e. The van der Waals surface area contributed by atoms with E-state index in [1.807, 2.05) is 29.3 Å². The van der Waals surface area contributed by atoms with E-state index in [0.717, 1.165) is 30.6 Å². The second-order valence-corrected chi connectivity index (χ2v) is 6.81. The highest BCUT2D eigenvalue weighted by Crippen LogP contribution is 2.33. The Morgan fingerprint density at radius 3 is 3.08 bits per heavy atom. The topological polar surface area (TPSA) is 75.4 Å². The molecule has 1 N–H and O–H groups in total. The van der Waals surface area contributed by atoms with E-state index in [2.05, 4.69) is 10.5 Å². The first-order valence-electron chi connectivity index (χ1n) is 8.30. The molecule has 2 aromatic heterocycles. The number of likely N-dealkylation sites (tertiary alicyclic amines) is 1. The highest BCUT2D eigenvalue weighted by molar-refractivity contribution is 7.12. The fraction of sp³-hybridized carbons (Fsp3) is 0.471. The third kappa shape index (κ3) is 3.51. The SMILES string of the molecule is CCCNC(=O)c1cc(C2CCCCN2C(=O)c2cccs2)on1. The van der Waals surface area contributed by atoms with Gasteiger partial charge in [0.05, 0.1) is 10.9 Å². The van der Waals surface area contributed by atoms with Crippen LogP contribution in [0.3, 0.4) is 0 Å². The van der Waals surface area contributed by atoms with Crippen LogP contribution >= 0.6 is 11.3 Å². The molecule has 1 fully saturated rings. The van der Waals surface area contributed by atoms with Crippen LogP contribution in [0.4, 0.5) is 0 Å². The first-order chi connectivity index (χ1) is 11.7. The van der Waals surface area contributed by atoms with Crippen LogP contribution in [0.25, 0.3) is 0 Å². The summed E-state index contributed by atoms with van der Waals surface area (Å²) in [5.74, 6) is 0.364. The Balaban J connectivity index is 1.77. The number of piperidine rings is 1. The van der Waals surface area contributed by atoms with E-state index < -0.39 is 0 Å². The predicted molar refractivity (Wildman–Crippen MR) is 91.1 cm³/mol. The van der Waals surface area contributed by atoms with Crippen LogP contribution < -0.4 is 5.32 Å². The van der Waals surface area contributed by atoms with Crippen molar-refractivity contribution in [3.05, 3.63) is 39.9 Å². The number of hydrogen-bond donors (Lipinski definition) is 1. The minimum atomic E-state index is -0.237. The van der Waals surface area contributed by atoms with Gasteiger partial charge in [-0.1, -0.05) is 18.1 Å². The minimum absolute atomic E-state index is 0.0167. The molecule has 2 amide bonds. The van der Waals surface area contributed by atoms with Crippen LogP contribution in [0.5, 0.6) is 0 Å². The summed E-state index contributed by atoms with van der Waals surface area (Å²) in [4.78, 5) is 27.3. The van der Waals surface area contributed by atoms with E-state index in [1.54, 1.807) is 6.07 Å². The maximum Gasteiger partial charge on any atom is 0.273 e. The number of hydrogen-bond acceptors (Lipinski definition) is 5. The molecule has 128 valence electrons. The van der Waals surface area contributed by atoms with Gasteiger partial charge < -0.3 is 14.7 Å². The Morgan fingerprint density at radius 2 is 2.33 bits per heavy atom. The molecular weight excluding hydrogens is 326 g/mol. The third-order valence-corrected chi connectivity index (χ3v) is 4.98. The number of rotatable bonds is 5. The van der Waals surface area contributed by atoms with Crippen LogP contribution in [0.15, 0.2) is 28.1 Å². The smallest absolute Gasteiger partial charge is 0.273 e. The molecule has 3 rings (SSSR count). The normalized spacial score (nSPS) is 17.7. The van der Waals surface area contributed by atoms with Crippen molar-refractivity contribution in [3.8, 4) is 0 Å². The van der Waals surface area contributed by atoms with Gasteiger partial charge in [0.1, 0.15) is 0 Å². The lowest BCUT2D eigenvalue weighted by Gasteiger charge is -2.33. The molecule has 1 saturated heterocycles. The molecule has 1 atom stereocenters. The lowest BCUT2D eigenvalue weighted by Crippen LogP contribution is -2.38. The zero-order valence-electron chi connectivity index (χ0n) is 13.7. The van der Waals surface area contributed by atoms with Crippen molar-refractivity contribution in [1.29, 1.82) is 0 Å². The van der Waals surface area contributed by atoms with Crippen molar-refractivity contribution in [3.63, 3.8) is 0 Å². The molecule has 0 aromatic carbocycles. The Hall–Kier alpha value is -2.15. The van der Waals surface area contributed by atoms with Gasteiger partial charge in [-0.25, -0.2) is 0 Å². The summed E-state index contributed by atoms with van der Waals surface area (Å²) in [5, 5.41) is 8.56. The summed E-state index contributed by atoms with van der Waals surface area (Å²) in [6.45, 7) is 3.29. The highest BCUT2D eigenvalue weighted by Gasteiger charge is 2.32. The summed E-state index contributed by atoms with van der Waals surface area (Å²) < 4.78 is 5.40. The average Bonchev–Trinajstić information content (AvgIpc) is 3.30. The minimum Gasteiger partial charge on any atom is -0.358 e. The average molecular weight is 347 g/mol. The molecule has 2 aromatic rings. The molecule has 7 heteroatoms. The number of thiophene rings is 1. The summed E-state index contributed by atoms with van der Waals surface area (Å²) >= 11 is 1.44. The van der Waals surface area contributed by atoms with E-state index in [9.17, 15) is 9.59 Å². The Morgan fingerprint density at radius 1 is 1.46 bits per heavy atom. The standard InChI is InChI=1S/C17H21N3O3S/c1-2-8-18-16(21)12-11-14(23-19-12)13-6-3-4-9-20(13)17(22)15-7-5-10-24-15/h5,7,10-11,13H,2-4,6,8-9H2,1H3,(H,18,21). The van der Waals surface area contributed by atoms with E-state index in [4.69, 9.17) is 4.52 Å². The van der Waals surface area contributed by atoms with Gasteiger partial charge in [-0.15, -0.1) is 11.3 Å². The molecule has 1 aliphatic rings. The quantitative estimate of drug-likeness (QED) is 0.901. The molecule has 0 aliphatic carbocycles. The molecule has 3 heterocycles. The maximum absolute atomic E-state index is 12.7.